The Labute approximate surface area is 118 Å². The van der Waals surface area contributed by atoms with Gasteiger partial charge in [0.2, 0.25) is 0 Å². The molecule has 0 fully saturated rings. The molecule has 0 bridgehead atoms. The zero-order valence-corrected chi connectivity index (χ0v) is 11.4. The third kappa shape index (κ3) is 3.51. The highest BCUT2D eigenvalue weighted by molar-refractivity contribution is 5.99. The van der Waals surface area contributed by atoms with Crippen LogP contribution in [0.4, 0.5) is 5.69 Å². The van der Waals surface area contributed by atoms with E-state index < -0.39 is 0 Å². The predicted octanol–water partition coefficient (Wildman–Crippen LogP) is 2.25. The van der Waals surface area contributed by atoms with Gasteiger partial charge in [-0.05, 0) is 24.1 Å². The van der Waals surface area contributed by atoms with Gasteiger partial charge in [0, 0.05) is 18.3 Å². The summed E-state index contributed by atoms with van der Waals surface area (Å²) in [5.41, 5.74) is 7.92. The van der Waals surface area contributed by atoms with E-state index in [1.165, 1.54) is 5.56 Å². The van der Waals surface area contributed by atoms with Gasteiger partial charge >= 0.3 is 0 Å². The minimum Gasteiger partial charge on any atom is -0.497 e. The molecule has 0 saturated carbocycles. The summed E-state index contributed by atoms with van der Waals surface area (Å²) in [5, 5.41) is 2.87. The van der Waals surface area contributed by atoms with E-state index in [9.17, 15) is 4.79 Å². The van der Waals surface area contributed by atoms with Crippen LogP contribution in [0.1, 0.15) is 15.9 Å². The summed E-state index contributed by atoms with van der Waals surface area (Å²) in [5.74, 6) is 0.476. The van der Waals surface area contributed by atoms with E-state index in [2.05, 4.69) is 5.32 Å². The van der Waals surface area contributed by atoms with Gasteiger partial charge < -0.3 is 15.8 Å². The summed E-state index contributed by atoms with van der Waals surface area (Å²) >= 11 is 0. The number of rotatable bonds is 5. The molecule has 2 aromatic rings. The molecule has 0 aliphatic heterocycles. The smallest absolute Gasteiger partial charge is 0.253 e. The molecule has 20 heavy (non-hydrogen) atoms. The number of carbonyl (C=O) groups excluding carboxylic acids is 1. The first-order chi connectivity index (χ1) is 9.70. The molecule has 0 aliphatic rings. The monoisotopic (exact) mass is 270 g/mol. The third-order valence-corrected chi connectivity index (χ3v) is 3.05. The molecule has 0 spiro atoms. The van der Waals surface area contributed by atoms with Gasteiger partial charge in [0.25, 0.3) is 5.91 Å². The second-order valence-corrected chi connectivity index (χ2v) is 4.44. The molecule has 0 heterocycles. The summed E-state index contributed by atoms with van der Waals surface area (Å²) in [6.45, 7) is 0.578. The van der Waals surface area contributed by atoms with Crippen molar-refractivity contribution >= 4 is 11.6 Å². The van der Waals surface area contributed by atoms with E-state index in [-0.39, 0.29) is 5.91 Å². The SMILES string of the molecule is COc1ccc(C(=O)NCCc2ccccc2)c(N)c1. The van der Waals surface area contributed by atoms with E-state index in [0.717, 1.165) is 6.42 Å². The number of hydrogen-bond donors (Lipinski definition) is 2. The fourth-order valence-corrected chi connectivity index (χ4v) is 1.93. The van der Waals surface area contributed by atoms with Gasteiger partial charge in [0.05, 0.1) is 12.7 Å². The standard InChI is InChI=1S/C16H18N2O2/c1-20-13-7-8-14(15(17)11-13)16(19)18-10-9-12-5-3-2-4-6-12/h2-8,11H,9-10,17H2,1H3,(H,18,19). The topological polar surface area (TPSA) is 64.3 Å². The van der Waals surface area contributed by atoms with Crippen LogP contribution in [-0.4, -0.2) is 19.6 Å². The van der Waals surface area contributed by atoms with E-state index in [1.54, 1.807) is 25.3 Å². The van der Waals surface area contributed by atoms with Crippen LogP contribution >= 0.6 is 0 Å². The van der Waals surface area contributed by atoms with E-state index in [1.807, 2.05) is 30.3 Å². The largest absolute Gasteiger partial charge is 0.497 e. The number of carbonyl (C=O) groups is 1. The van der Waals surface area contributed by atoms with Crippen molar-refractivity contribution in [3.8, 4) is 5.75 Å². The highest BCUT2D eigenvalue weighted by Crippen LogP contribution is 2.19. The van der Waals surface area contributed by atoms with Crippen LogP contribution < -0.4 is 15.8 Å². The van der Waals surface area contributed by atoms with Crippen molar-refractivity contribution in [1.82, 2.24) is 5.32 Å². The normalized spacial score (nSPS) is 10.1. The molecule has 0 aromatic heterocycles. The van der Waals surface area contributed by atoms with Crippen molar-refractivity contribution in [3.63, 3.8) is 0 Å². The Balaban J connectivity index is 1.92. The summed E-state index contributed by atoms with van der Waals surface area (Å²) in [7, 11) is 1.56. The van der Waals surface area contributed by atoms with Crippen molar-refractivity contribution in [3.05, 3.63) is 59.7 Å². The first-order valence-electron chi connectivity index (χ1n) is 6.46. The second kappa shape index (κ2) is 6.61. The molecular formula is C16H18N2O2. The molecular weight excluding hydrogens is 252 g/mol. The Kier molecular flexibility index (Phi) is 4.60. The fraction of sp³-hybridized carbons (Fsp3) is 0.188. The van der Waals surface area contributed by atoms with Crippen molar-refractivity contribution in [2.75, 3.05) is 19.4 Å². The average Bonchev–Trinajstić information content (AvgIpc) is 2.48. The molecule has 2 rings (SSSR count). The fourth-order valence-electron chi connectivity index (χ4n) is 1.93. The minimum absolute atomic E-state index is 0.166. The lowest BCUT2D eigenvalue weighted by Crippen LogP contribution is -2.26. The van der Waals surface area contributed by atoms with Crippen LogP contribution in [-0.2, 0) is 6.42 Å². The Hall–Kier alpha value is -2.49. The number of benzene rings is 2. The highest BCUT2D eigenvalue weighted by Gasteiger charge is 2.09. The number of methoxy groups -OCH3 is 1. The quantitative estimate of drug-likeness (QED) is 0.819. The van der Waals surface area contributed by atoms with Crippen molar-refractivity contribution in [2.24, 2.45) is 0 Å². The molecule has 3 N–H and O–H groups in total. The van der Waals surface area contributed by atoms with Gasteiger partial charge in [-0.3, -0.25) is 4.79 Å². The van der Waals surface area contributed by atoms with Crippen LogP contribution in [0.3, 0.4) is 0 Å². The zero-order valence-electron chi connectivity index (χ0n) is 11.4. The van der Waals surface area contributed by atoms with Gasteiger partial charge in [-0.1, -0.05) is 30.3 Å². The molecule has 1 amide bonds. The van der Waals surface area contributed by atoms with Crippen LogP contribution in [0.2, 0.25) is 0 Å². The molecule has 4 nitrogen and oxygen atoms in total. The number of anilines is 1. The molecule has 0 aliphatic carbocycles. The number of nitrogens with one attached hydrogen (secondary N) is 1. The maximum atomic E-state index is 12.0. The van der Waals surface area contributed by atoms with Gasteiger partial charge in [-0.2, -0.15) is 0 Å². The molecule has 0 unspecified atom stereocenters. The number of nitrogens with two attached hydrogens (primary N) is 1. The maximum absolute atomic E-state index is 12.0. The van der Waals surface area contributed by atoms with Crippen LogP contribution in [0.15, 0.2) is 48.5 Å². The summed E-state index contributed by atoms with van der Waals surface area (Å²) in [4.78, 5) is 12.0. The van der Waals surface area contributed by atoms with Gasteiger partial charge in [-0.25, -0.2) is 0 Å². The molecule has 0 saturated heterocycles. The Morgan fingerprint density at radius 2 is 1.95 bits per heavy atom. The van der Waals surface area contributed by atoms with Gasteiger partial charge in [-0.15, -0.1) is 0 Å². The van der Waals surface area contributed by atoms with Gasteiger partial charge in [0.1, 0.15) is 5.75 Å². The average molecular weight is 270 g/mol. The molecule has 0 radical (unpaired) electrons. The lowest BCUT2D eigenvalue weighted by atomic mass is 10.1. The summed E-state index contributed by atoms with van der Waals surface area (Å²) in [6.07, 6.45) is 0.794. The Morgan fingerprint density at radius 3 is 2.60 bits per heavy atom. The summed E-state index contributed by atoms with van der Waals surface area (Å²) < 4.78 is 5.06. The molecule has 2 aromatic carbocycles. The lowest BCUT2D eigenvalue weighted by molar-refractivity contribution is 0.0955. The second-order valence-electron chi connectivity index (χ2n) is 4.44. The Morgan fingerprint density at radius 1 is 1.20 bits per heavy atom. The first-order valence-corrected chi connectivity index (χ1v) is 6.46. The first kappa shape index (κ1) is 13.9. The predicted molar refractivity (Wildman–Crippen MR) is 79.9 cm³/mol. The van der Waals surface area contributed by atoms with Crippen molar-refractivity contribution in [2.45, 2.75) is 6.42 Å². The third-order valence-electron chi connectivity index (χ3n) is 3.05. The number of ether oxygens (including phenoxy) is 1. The van der Waals surface area contributed by atoms with E-state index >= 15 is 0 Å². The molecule has 4 heteroatoms. The van der Waals surface area contributed by atoms with Crippen LogP contribution in [0.5, 0.6) is 5.75 Å². The van der Waals surface area contributed by atoms with E-state index in [4.69, 9.17) is 10.5 Å². The number of amides is 1. The number of hydrogen-bond acceptors (Lipinski definition) is 3. The summed E-state index contributed by atoms with van der Waals surface area (Å²) in [6, 6.07) is 15.1. The Bertz CT molecular complexity index is 582. The highest BCUT2D eigenvalue weighted by atomic mass is 16.5. The molecule has 104 valence electrons. The van der Waals surface area contributed by atoms with Crippen molar-refractivity contribution in [1.29, 1.82) is 0 Å². The van der Waals surface area contributed by atoms with E-state index in [0.29, 0.717) is 23.5 Å². The molecule has 0 atom stereocenters. The van der Waals surface area contributed by atoms with Gasteiger partial charge in [0.15, 0.2) is 0 Å². The van der Waals surface area contributed by atoms with Crippen LogP contribution in [0.25, 0.3) is 0 Å². The number of nitrogen functional groups attached to an aromatic ring is 1. The minimum atomic E-state index is -0.166. The zero-order chi connectivity index (χ0) is 14.4. The van der Waals surface area contributed by atoms with Crippen LogP contribution in [0, 0.1) is 0 Å². The maximum Gasteiger partial charge on any atom is 0.253 e. The van der Waals surface area contributed by atoms with Crippen molar-refractivity contribution < 1.29 is 9.53 Å². The lowest BCUT2D eigenvalue weighted by Gasteiger charge is -2.09.